The lowest BCUT2D eigenvalue weighted by atomic mass is 10.1. The SMILES string of the molecule is CCCn1c(N)c(C(=O)CN(C)Cc2cccc(OC)c2)c(=O)n(C)c1=O. The van der Waals surface area contributed by atoms with Crippen molar-refractivity contribution < 1.29 is 9.53 Å². The number of carbonyl (C=O) groups excluding carboxylic acids is 1. The van der Waals surface area contributed by atoms with E-state index in [0.717, 1.165) is 15.9 Å². The normalized spacial score (nSPS) is 11.0. The van der Waals surface area contributed by atoms with Crippen LogP contribution in [0.3, 0.4) is 0 Å². The summed E-state index contributed by atoms with van der Waals surface area (Å²) >= 11 is 0. The molecule has 0 aliphatic rings. The van der Waals surface area contributed by atoms with Crippen molar-refractivity contribution in [2.75, 3.05) is 26.4 Å². The van der Waals surface area contributed by atoms with E-state index >= 15 is 0 Å². The first-order chi connectivity index (χ1) is 12.8. The van der Waals surface area contributed by atoms with Crippen LogP contribution < -0.4 is 21.7 Å². The molecule has 0 bridgehead atoms. The third kappa shape index (κ3) is 4.46. The van der Waals surface area contributed by atoms with E-state index in [9.17, 15) is 14.4 Å². The maximum absolute atomic E-state index is 12.8. The van der Waals surface area contributed by atoms with Crippen LogP contribution >= 0.6 is 0 Å². The molecule has 8 nitrogen and oxygen atoms in total. The van der Waals surface area contributed by atoms with Crippen LogP contribution in [-0.4, -0.2) is 40.5 Å². The zero-order valence-corrected chi connectivity index (χ0v) is 16.2. The second-order valence-electron chi connectivity index (χ2n) is 6.51. The highest BCUT2D eigenvalue weighted by Crippen LogP contribution is 2.14. The fourth-order valence-corrected chi connectivity index (χ4v) is 2.95. The predicted molar refractivity (Wildman–Crippen MR) is 104 cm³/mol. The second kappa shape index (κ2) is 8.68. The summed E-state index contributed by atoms with van der Waals surface area (Å²) in [7, 11) is 4.73. The Morgan fingerprint density at radius 1 is 1.30 bits per heavy atom. The van der Waals surface area contributed by atoms with E-state index in [1.165, 1.54) is 11.6 Å². The Hall–Kier alpha value is -2.87. The Kier molecular flexibility index (Phi) is 6.57. The Labute approximate surface area is 157 Å². The van der Waals surface area contributed by atoms with Gasteiger partial charge in [-0.2, -0.15) is 0 Å². The molecule has 0 unspecified atom stereocenters. The van der Waals surface area contributed by atoms with Crippen LogP contribution in [0.25, 0.3) is 0 Å². The van der Waals surface area contributed by atoms with Crippen molar-refractivity contribution in [3.8, 4) is 5.75 Å². The van der Waals surface area contributed by atoms with E-state index in [2.05, 4.69) is 0 Å². The van der Waals surface area contributed by atoms with Gasteiger partial charge in [-0.1, -0.05) is 19.1 Å². The van der Waals surface area contributed by atoms with Gasteiger partial charge < -0.3 is 10.5 Å². The quantitative estimate of drug-likeness (QED) is 0.688. The largest absolute Gasteiger partial charge is 0.497 e. The van der Waals surface area contributed by atoms with Gasteiger partial charge in [-0.3, -0.25) is 23.6 Å². The molecule has 1 heterocycles. The first-order valence-corrected chi connectivity index (χ1v) is 8.74. The topological polar surface area (TPSA) is 99.6 Å². The minimum Gasteiger partial charge on any atom is -0.497 e. The summed E-state index contributed by atoms with van der Waals surface area (Å²) in [4.78, 5) is 39.2. The van der Waals surface area contributed by atoms with Crippen LogP contribution in [0, 0.1) is 0 Å². The summed E-state index contributed by atoms with van der Waals surface area (Å²) in [6.07, 6.45) is 0.658. The van der Waals surface area contributed by atoms with Crippen molar-refractivity contribution in [1.82, 2.24) is 14.0 Å². The van der Waals surface area contributed by atoms with Gasteiger partial charge in [-0.25, -0.2) is 4.79 Å². The molecule has 2 rings (SSSR count). The van der Waals surface area contributed by atoms with E-state index in [4.69, 9.17) is 10.5 Å². The van der Waals surface area contributed by atoms with Crippen molar-refractivity contribution >= 4 is 11.6 Å². The van der Waals surface area contributed by atoms with Gasteiger partial charge in [0.25, 0.3) is 5.56 Å². The summed E-state index contributed by atoms with van der Waals surface area (Å²) in [5.74, 6) is 0.255. The maximum atomic E-state index is 12.8. The number of Topliss-reactive ketones (excluding diaryl/α,β-unsaturated/α-hetero) is 1. The number of carbonyl (C=O) groups is 1. The average molecular weight is 374 g/mol. The van der Waals surface area contributed by atoms with Crippen LogP contribution in [0.1, 0.15) is 29.3 Å². The Morgan fingerprint density at radius 2 is 2.00 bits per heavy atom. The molecule has 1 aromatic heterocycles. The van der Waals surface area contributed by atoms with Crippen molar-refractivity contribution in [1.29, 1.82) is 0 Å². The molecule has 2 aromatic rings. The molecule has 146 valence electrons. The average Bonchev–Trinajstić information content (AvgIpc) is 2.63. The molecule has 27 heavy (non-hydrogen) atoms. The van der Waals surface area contributed by atoms with E-state index in [1.807, 2.05) is 31.2 Å². The number of nitrogens with zero attached hydrogens (tertiary/aromatic N) is 3. The van der Waals surface area contributed by atoms with Crippen LogP contribution in [0.2, 0.25) is 0 Å². The molecule has 8 heteroatoms. The van der Waals surface area contributed by atoms with E-state index < -0.39 is 17.0 Å². The molecule has 2 N–H and O–H groups in total. The number of aromatic nitrogens is 2. The Bertz CT molecular complexity index is 946. The number of ketones is 1. The minimum absolute atomic E-state index is 0.000971. The lowest BCUT2D eigenvalue weighted by Crippen LogP contribution is -2.43. The zero-order chi connectivity index (χ0) is 20.1. The number of methoxy groups -OCH3 is 1. The summed E-state index contributed by atoms with van der Waals surface area (Å²) < 4.78 is 7.41. The first kappa shape index (κ1) is 20.4. The number of nitrogens with two attached hydrogens (primary N) is 1. The highest BCUT2D eigenvalue weighted by Gasteiger charge is 2.22. The Balaban J connectivity index is 2.27. The molecule has 0 aliphatic heterocycles. The van der Waals surface area contributed by atoms with Gasteiger partial charge in [-0.15, -0.1) is 0 Å². The standard InChI is InChI=1S/C19H26N4O4/c1-5-9-23-17(20)16(18(25)22(3)19(23)26)15(24)12-21(2)11-13-7-6-8-14(10-13)27-4/h6-8,10H,5,9,11-12,20H2,1-4H3. The summed E-state index contributed by atoms with van der Waals surface area (Å²) in [5.41, 5.74) is 5.66. The van der Waals surface area contributed by atoms with E-state index in [0.29, 0.717) is 19.5 Å². The van der Waals surface area contributed by atoms with Crippen LogP contribution in [0.5, 0.6) is 5.75 Å². The Morgan fingerprint density at radius 3 is 2.63 bits per heavy atom. The van der Waals surface area contributed by atoms with E-state index in [1.54, 1.807) is 19.1 Å². The van der Waals surface area contributed by atoms with Gasteiger partial charge in [0.05, 0.1) is 13.7 Å². The molecule has 0 saturated carbocycles. The van der Waals surface area contributed by atoms with Crippen molar-refractivity contribution in [3.63, 3.8) is 0 Å². The van der Waals surface area contributed by atoms with Crippen LogP contribution in [-0.2, 0) is 20.1 Å². The molecule has 0 atom stereocenters. The molecule has 0 fully saturated rings. The maximum Gasteiger partial charge on any atom is 0.332 e. The number of likely N-dealkylation sites (N-methyl/N-ethyl adjacent to an activating group) is 1. The molecular formula is C19H26N4O4. The van der Waals surface area contributed by atoms with Crippen molar-refractivity contribution in [2.45, 2.75) is 26.4 Å². The first-order valence-electron chi connectivity index (χ1n) is 8.74. The van der Waals surface area contributed by atoms with Gasteiger partial charge in [0.1, 0.15) is 17.1 Å². The van der Waals surface area contributed by atoms with Crippen LogP contribution in [0.15, 0.2) is 33.9 Å². The molecule has 0 aliphatic carbocycles. The summed E-state index contributed by atoms with van der Waals surface area (Å²) in [5, 5.41) is 0. The van der Waals surface area contributed by atoms with Gasteiger partial charge in [0, 0.05) is 20.1 Å². The molecule has 0 spiro atoms. The van der Waals surface area contributed by atoms with Crippen LogP contribution in [0.4, 0.5) is 5.82 Å². The zero-order valence-electron chi connectivity index (χ0n) is 16.2. The number of ether oxygens (including phenoxy) is 1. The smallest absolute Gasteiger partial charge is 0.332 e. The van der Waals surface area contributed by atoms with Gasteiger partial charge in [-0.05, 0) is 31.2 Å². The summed E-state index contributed by atoms with van der Waals surface area (Å²) in [6.45, 7) is 2.73. The lowest BCUT2D eigenvalue weighted by molar-refractivity contribution is 0.0941. The molecular weight excluding hydrogens is 348 g/mol. The fraction of sp³-hybridized carbons (Fsp3) is 0.421. The third-order valence-electron chi connectivity index (χ3n) is 4.31. The molecule has 0 radical (unpaired) electrons. The van der Waals surface area contributed by atoms with Gasteiger partial charge in [0.15, 0.2) is 5.78 Å². The van der Waals surface area contributed by atoms with E-state index in [-0.39, 0.29) is 17.9 Å². The monoisotopic (exact) mass is 374 g/mol. The number of benzene rings is 1. The fourth-order valence-electron chi connectivity index (χ4n) is 2.95. The highest BCUT2D eigenvalue weighted by atomic mass is 16.5. The highest BCUT2D eigenvalue weighted by molar-refractivity contribution is 6.01. The number of nitrogen functional groups attached to an aromatic ring is 1. The second-order valence-corrected chi connectivity index (χ2v) is 6.51. The predicted octanol–water partition coefficient (Wildman–Crippen LogP) is 0.862. The number of anilines is 1. The number of rotatable bonds is 8. The summed E-state index contributed by atoms with van der Waals surface area (Å²) in [6, 6.07) is 7.53. The molecule has 0 saturated heterocycles. The molecule has 0 amide bonds. The third-order valence-corrected chi connectivity index (χ3v) is 4.31. The minimum atomic E-state index is -0.662. The van der Waals surface area contributed by atoms with Gasteiger partial charge >= 0.3 is 5.69 Å². The number of hydrogen-bond donors (Lipinski definition) is 1. The number of hydrogen-bond acceptors (Lipinski definition) is 6. The van der Waals surface area contributed by atoms with Crippen molar-refractivity contribution in [2.24, 2.45) is 7.05 Å². The van der Waals surface area contributed by atoms with Crippen molar-refractivity contribution in [3.05, 3.63) is 56.2 Å². The molecule has 1 aromatic carbocycles. The lowest BCUT2D eigenvalue weighted by Gasteiger charge is -2.18. The van der Waals surface area contributed by atoms with Gasteiger partial charge in [0.2, 0.25) is 0 Å².